The Hall–Kier alpha value is -1.81. The number of thiazole rings is 1. The van der Waals surface area contributed by atoms with Crippen molar-refractivity contribution >= 4 is 39.6 Å². The van der Waals surface area contributed by atoms with Crippen LogP contribution >= 0.6 is 22.7 Å². The monoisotopic (exact) mass is 383 g/mol. The Morgan fingerprint density at radius 3 is 2.52 bits per heavy atom. The van der Waals surface area contributed by atoms with Gasteiger partial charge in [0.2, 0.25) is 5.91 Å². The van der Waals surface area contributed by atoms with E-state index >= 15 is 0 Å². The third-order valence-corrected chi connectivity index (χ3v) is 5.01. The van der Waals surface area contributed by atoms with Crippen LogP contribution in [0.1, 0.15) is 15.4 Å². The Labute approximate surface area is 154 Å². The Morgan fingerprint density at radius 2 is 1.92 bits per heavy atom. The number of thiophene rings is 1. The van der Waals surface area contributed by atoms with Crippen molar-refractivity contribution < 1.29 is 19.1 Å². The van der Waals surface area contributed by atoms with Crippen LogP contribution < -0.4 is 5.32 Å². The standard InChI is InChI=1S/C16H21N3O4S2/c1-22-7-5-19(6-8-23-2)14(20)10-12-11-25-16(17-12)18-15(21)13-4-3-9-24-13/h3-4,9,11H,5-8,10H2,1-2H3,(H,17,18,21). The summed E-state index contributed by atoms with van der Waals surface area (Å²) in [5.74, 6) is -0.237. The molecule has 2 heterocycles. The first-order valence-electron chi connectivity index (χ1n) is 7.69. The van der Waals surface area contributed by atoms with Gasteiger partial charge in [-0.05, 0) is 11.4 Å². The average Bonchev–Trinajstić information content (AvgIpc) is 3.27. The van der Waals surface area contributed by atoms with Crippen LogP contribution in [0.2, 0.25) is 0 Å². The van der Waals surface area contributed by atoms with Crippen molar-refractivity contribution in [1.82, 2.24) is 9.88 Å². The Bertz CT molecular complexity index is 665. The molecule has 0 unspecified atom stereocenters. The van der Waals surface area contributed by atoms with E-state index in [1.165, 1.54) is 22.7 Å². The van der Waals surface area contributed by atoms with Gasteiger partial charge in [0.15, 0.2) is 5.13 Å². The molecule has 136 valence electrons. The van der Waals surface area contributed by atoms with Crippen molar-refractivity contribution in [3.05, 3.63) is 33.5 Å². The van der Waals surface area contributed by atoms with E-state index in [0.717, 1.165) is 0 Å². The third kappa shape index (κ3) is 6.20. The molecule has 0 aromatic carbocycles. The third-order valence-electron chi connectivity index (χ3n) is 3.33. The smallest absolute Gasteiger partial charge is 0.267 e. The zero-order valence-corrected chi connectivity index (χ0v) is 15.8. The van der Waals surface area contributed by atoms with Crippen molar-refractivity contribution in [2.75, 3.05) is 45.8 Å². The summed E-state index contributed by atoms with van der Waals surface area (Å²) < 4.78 is 10.1. The summed E-state index contributed by atoms with van der Waals surface area (Å²) >= 11 is 2.67. The second-order valence-corrected chi connectivity index (χ2v) is 6.92. The predicted molar refractivity (Wildman–Crippen MR) is 98.4 cm³/mol. The second-order valence-electron chi connectivity index (χ2n) is 5.12. The van der Waals surface area contributed by atoms with Crippen LogP contribution in [0.5, 0.6) is 0 Å². The molecule has 2 aromatic heterocycles. The van der Waals surface area contributed by atoms with Crippen LogP contribution in [0, 0.1) is 0 Å². The lowest BCUT2D eigenvalue weighted by atomic mass is 10.3. The van der Waals surface area contributed by atoms with Crippen LogP contribution in [0.15, 0.2) is 22.9 Å². The summed E-state index contributed by atoms with van der Waals surface area (Å²) in [6.45, 7) is 1.94. The largest absolute Gasteiger partial charge is 0.383 e. The van der Waals surface area contributed by atoms with Crippen LogP contribution in [-0.4, -0.2) is 62.2 Å². The normalized spacial score (nSPS) is 10.6. The topological polar surface area (TPSA) is 80.8 Å². The first-order valence-corrected chi connectivity index (χ1v) is 9.45. The molecule has 0 saturated carbocycles. The quantitative estimate of drug-likeness (QED) is 0.680. The fraction of sp³-hybridized carbons (Fsp3) is 0.438. The molecule has 9 heteroatoms. The zero-order valence-electron chi connectivity index (χ0n) is 14.2. The van der Waals surface area contributed by atoms with Crippen LogP contribution in [-0.2, 0) is 20.7 Å². The van der Waals surface area contributed by atoms with Gasteiger partial charge in [0.25, 0.3) is 5.91 Å². The van der Waals surface area contributed by atoms with Crippen LogP contribution in [0.4, 0.5) is 5.13 Å². The number of hydrogen-bond acceptors (Lipinski definition) is 7. The van der Waals surface area contributed by atoms with Crippen molar-refractivity contribution in [3.63, 3.8) is 0 Å². The van der Waals surface area contributed by atoms with Crippen molar-refractivity contribution in [2.24, 2.45) is 0 Å². The highest BCUT2D eigenvalue weighted by Gasteiger charge is 2.16. The maximum absolute atomic E-state index is 12.4. The van der Waals surface area contributed by atoms with Crippen LogP contribution in [0.25, 0.3) is 0 Å². The minimum Gasteiger partial charge on any atom is -0.383 e. The number of nitrogens with zero attached hydrogens (tertiary/aromatic N) is 2. The number of carbonyl (C=O) groups is 2. The molecule has 0 atom stereocenters. The molecule has 7 nitrogen and oxygen atoms in total. The SMILES string of the molecule is COCCN(CCOC)C(=O)Cc1csc(NC(=O)c2cccs2)n1. The first-order chi connectivity index (χ1) is 12.1. The molecule has 0 radical (unpaired) electrons. The highest BCUT2D eigenvalue weighted by Crippen LogP contribution is 2.18. The van der Waals surface area contributed by atoms with Gasteiger partial charge >= 0.3 is 0 Å². The summed E-state index contributed by atoms with van der Waals surface area (Å²) in [5.41, 5.74) is 0.635. The number of amides is 2. The van der Waals surface area contributed by atoms with Crippen molar-refractivity contribution in [2.45, 2.75) is 6.42 Å². The number of rotatable bonds is 10. The number of anilines is 1. The number of methoxy groups -OCH3 is 2. The maximum Gasteiger partial charge on any atom is 0.267 e. The number of nitrogens with one attached hydrogen (secondary N) is 1. The minimum absolute atomic E-state index is 0.0458. The van der Waals surface area contributed by atoms with Crippen LogP contribution in [0.3, 0.4) is 0 Å². The number of carbonyl (C=O) groups excluding carboxylic acids is 2. The molecule has 1 N–H and O–H groups in total. The van der Waals surface area contributed by atoms with E-state index in [1.807, 2.05) is 11.4 Å². The summed E-state index contributed by atoms with van der Waals surface area (Å²) in [7, 11) is 3.20. The minimum atomic E-state index is -0.191. The zero-order chi connectivity index (χ0) is 18.1. The average molecular weight is 383 g/mol. The molecular formula is C16H21N3O4S2. The number of aromatic nitrogens is 1. The Kier molecular flexibility index (Phi) is 7.99. The molecule has 0 fully saturated rings. The second kappa shape index (κ2) is 10.2. The van der Waals surface area contributed by atoms with E-state index in [2.05, 4.69) is 10.3 Å². The molecule has 2 aromatic rings. The summed E-state index contributed by atoms with van der Waals surface area (Å²) in [4.78, 5) is 31.1. The Balaban J connectivity index is 1.91. The number of ether oxygens (including phenoxy) is 2. The lowest BCUT2D eigenvalue weighted by Gasteiger charge is -2.21. The van der Waals surface area contributed by atoms with Gasteiger partial charge in [-0.1, -0.05) is 6.07 Å². The highest BCUT2D eigenvalue weighted by molar-refractivity contribution is 7.14. The van der Waals surface area contributed by atoms with Gasteiger partial charge in [0.1, 0.15) is 0 Å². The molecule has 0 spiro atoms. The van der Waals surface area contributed by atoms with Gasteiger partial charge in [-0.2, -0.15) is 0 Å². The van der Waals surface area contributed by atoms with Gasteiger partial charge in [-0.3, -0.25) is 14.9 Å². The molecule has 2 amide bonds. The summed E-state index contributed by atoms with van der Waals surface area (Å²) in [6.07, 6.45) is 0.179. The maximum atomic E-state index is 12.4. The van der Waals surface area contributed by atoms with Crippen molar-refractivity contribution in [1.29, 1.82) is 0 Å². The van der Waals surface area contributed by atoms with Gasteiger partial charge in [-0.15, -0.1) is 22.7 Å². The van der Waals surface area contributed by atoms with E-state index in [9.17, 15) is 9.59 Å². The molecule has 0 bridgehead atoms. The van der Waals surface area contributed by atoms with E-state index in [-0.39, 0.29) is 18.2 Å². The lowest BCUT2D eigenvalue weighted by molar-refractivity contribution is -0.131. The fourth-order valence-electron chi connectivity index (χ4n) is 2.04. The van der Waals surface area contributed by atoms with Gasteiger partial charge < -0.3 is 14.4 Å². The molecule has 0 aliphatic heterocycles. The molecule has 25 heavy (non-hydrogen) atoms. The van der Waals surface area contributed by atoms with Gasteiger partial charge in [0, 0.05) is 32.7 Å². The first kappa shape index (κ1) is 19.5. The molecule has 2 rings (SSSR count). The lowest BCUT2D eigenvalue weighted by Crippen LogP contribution is -2.37. The van der Waals surface area contributed by atoms with E-state index in [0.29, 0.717) is 42.0 Å². The number of hydrogen-bond donors (Lipinski definition) is 1. The highest BCUT2D eigenvalue weighted by atomic mass is 32.1. The van der Waals surface area contributed by atoms with Gasteiger partial charge in [0.05, 0.1) is 30.2 Å². The summed E-state index contributed by atoms with van der Waals surface area (Å²) in [5, 5.41) is 6.86. The van der Waals surface area contributed by atoms with Gasteiger partial charge in [-0.25, -0.2) is 4.98 Å². The van der Waals surface area contributed by atoms with E-state index in [4.69, 9.17) is 9.47 Å². The Morgan fingerprint density at radius 1 is 1.20 bits per heavy atom. The van der Waals surface area contributed by atoms with E-state index < -0.39 is 0 Å². The van der Waals surface area contributed by atoms with Crippen molar-refractivity contribution in [3.8, 4) is 0 Å². The molecular weight excluding hydrogens is 362 g/mol. The fourth-order valence-corrected chi connectivity index (χ4v) is 3.37. The summed E-state index contributed by atoms with van der Waals surface area (Å²) in [6, 6.07) is 3.57. The molecule has 0 saturated heterocycles. The van der Waals surface area contributed by atoms with E-state index in [1.54, 1.807) is 30.6 Å². The molecule has 0 aliphatic rings. The molecule has 0 aliphatic carbocycles. The predicted octanol–water partition coefficient (Wildman–Crippen LogP) is 2.12.